The van der Waals surface area contributed by atoms with E-state index in [1.807, 2.05) is 53.3 Å². The number of carbonyl (C=O) groups excluding carboxylic acids is 4. The van der Waals surface area contributed by atoms with Crippen LogP contribution in [0.2, 0.25) is 0 Å². The van der Waals surface area contributed by atoms with Gasteiger partial charge in [-0.05, 0) is 81.9 Å². The number of aryl methyl sites for hydroxylation is 1. The molecule has 0 spiro atoms. The number of ether oxygens (including phenoxy) is 2. The molecule has 17 heteroatoms. The number of alkyl halides is 2. The minimum atomic E-state index is -4.15. The number of hydrogen-bond donors (Lipinski definition) is 3. The van der Waals surface area contributed by atoms with E-state index >= 15 is 0 Å². The van der Waals surface area contributed by atoms with Crippen LogP contribution in [0.5, 0.6) is 5.88 Å². The molecule has 324 valence electrons. The lowest BCUT2D eigenvalue weighted by atomic mass is 9.85. The van der Waals surface area contributed by atoms with Crippen molar-refractivity contribution in [2.24, 2.45) is 11.3 Å². The van der Waals surface area contributed by atoms with Gasteiger partial charge in [-0.25, -0.2) is 32.0 Å². The van der Waals surface area contributed by atoms with Gasteiger partial charge in [-0.2, -0.15) is 0 Å². The SMILES string of the molecule is CC1(C)CCCCCCc2ccc3nc(-c4ccccc4)c(nc3c2)O[C@@H]2C[C@@H](C(=O)N[C@@]3(C(=O)NS(=O)(=O)C4CC4)C[C@H]3C(F)F)N(C2)C(=O)[C@H](C(C)(C)C)NC(=O)O1. The third kappa shape index (κ3) is 9.50. The molecule has 3 fully saturated rings. The van der Waals surface area contributed by atoms with Crippen molar-refractivity contribution in [1.82, 2.24) is 30.2 Å². The Labute approximate surface area is 349 Å². The van der Waals surface area contributed by atoms with Gasteiger partial charge in [0.1, 0.15) is 35.0 Å². The van der Waals surface area contributed by atoms with Crippen molar-refractivity contribution in [1.29, 1.82) is 0 Å². The first-order valence-corrected chi connectivity index (χ1v) is 22.3. The van der Waals surface area contributed by atoms with E-state index in [1.165, 1.54) is 4.90 Å². The van der Waals surface area contributed by atoms with Crippen molar-refractivity contribution in [3.63, 3.8) is 0 Å². The second kappa shape index (κ2) is 16.5. The van der Waals surface area contributed by atoms with Crippen LogP contribution in [0.4, 0.5) is 13.6 Å². The number of cyclic esters (lactones) is 1. The molecule has 1 aromatic heterocycles. The van der Waals surface area contributed by atoms with Gasteiger partial charge in [0.15, 0.2) is 0 Å². The van der Waals surface area contributed by atoms with Gasteiger partial charge in [0.2, 0.25) is 34.1 Å². The molecule has 4 aliphatic rings. The maximum Gasteiger partial charge on any atom is 0.408 e. The third-order valence-corrected chi connectivity index (χ3v) is 13.7. The number of amides is 4. The van der Waals surface area contributed by atoms with Gasteiger partial charge >= 0.3 is 6.09 Å². The second-order valence-electron chi connectivity index (χ2n) is 18.3. The quantitative estimate of drug-likeness (QED) is 0.262. The van der Waals surface area contributed by atoms with Crippen LogP contribution >= 0.6 is 0 Å². The highest BCUT2D eigenvalue weighted by Crippen LogP contribution is 2.48. The molecule has 2 aliphatic carbocycles. The monoisotopic (exact) mass is 852 g/mol. The Bertz CT molecular complexity index is 2250. The summed E-state index contributed by atoms with van der Waals surface area (Å²) in [6.07, 6.45) is 0.181. The second-order valence-corrected chi connectivity index (χ2v) is 20.3. The van der Waals surface area contributed by atoms with Crippen LogP contribution in [0.1, 0.15) is 98.0 Å². The van der Waals surface area contributed by atoms with E-state index in [0.29, 0.717) is 41.6 Å². The molecule has 0 radical (unpaired) electrons. The standard InChI is InChI=1S/C43H54F2N6O8S/c1-41(2,3)34-38(53)51-24-27(22-32(51)36(52)49-43(23-29(43)35(44)45)39(54)50-60(56,57)28-17-18-28)58-37-33(26-14-10-8-11-15-26)46-30-19-16-25(21-31(30)47-37)13-9-6-7-12-20-42(4,5)59-40(55)48-34/h8,10-11,14-16,19,21,27-29,32,34-35H,6-7,9,12-13,17-18,20,22-24H2,1-5H3,(H,48,55)(H,49,52)(H,50,54)/t27-,29+,32+,34-,43+/m1/s1. The highest BCUT2D eigenvalue weighted by molar-refractivity contribution is 7.91. The number of carbonyl (C=O) groups is 4. The average molecular weight is 853 g/mol. The summed E-state index contributed by atoms with van der Waals surface area (Å²) in [6, 6.07) is 12.5. The minimum Gasteiger partial charge on any atom is -0.471 e. The molecule has 14 nitrogen and oxygen atoms in total. The average Bonchev–Trinajstić information content (AvgIpc) is 4.11. The maximum atomic E-state index is 14.8. The van der Waals surface area contributed by atoms with Crippen LogP contribution in [-0.4, -0.2) is 94.6 Å². The number of alkyl carbamates (subject to hydrolysis) is 1. The van der Waals surface area contributed by atoms with Gasteiger partial charge in [-0.1, -0.05) is 70.0 Å². The molecule has 0 unspecified atom stereocenters. The molecule has 3 aromatic rings. The normalized spacial score (nSPS) is 26.5. The molecule has 1 saturated heterocycles. The summed E-state index contributed by atoms with van der Waals surface area (Å²) in [5.74, 6) is -4.41. The van der Waals surface area contributed by atoms with Gasteiger partial charge in [-0.3, -0.25) is 19.1 Å². The van der Waals surface area contributed by atoms with Crippen molar-refractivity contribution in [2.45, 2.75) is 140 Å². The molecule has 60 heavy (non-hydrogen) atoms. The van der Waals surface area contributed by atoms with Crippen molar-refractivity contribution < 1.29 is 45.9 Å². The molecule has 2 aliphatic heterocycles. The number of sulfonamides is 1. The zero-order chi connectivity index (χ0) is 43.2. The molecule has 5 atom stereocenters. The van der Waals surface area contributed by atoms with Crippen LogP contribution in [0.15, 0.2) is 48.5 Å². The number of benzene rings is 2. The number of halogens is 2. The van der Waals surface area contributed by atoms with Crippen LogP contribution in [0, 0.1) is 11.3 Å². The topological polar surface area (TPSA) is 186 Å². The Morgan fingerprint density at radius 1 is 0.983 bits per heavy atom. The number of nitrogens with one attached hydrogen (secondary N) is 3. The lowest BCUT2D eigenvalue weighted by molar-refractivity contribution is -0.143. The summed E-state index contributed by atoms with van der Waals surface area (Å²) in [4.78, 5) is 67.4. The summed E-state index contributed by atoms with van der Waals surface area (Å²) in [5, 5.41) is 4.38. The van der Waals surface area contributed by atoms with Crippen molar-refractivity contribution in [3.8, 4) is 17.1 Å². The van der Waals surface area contributed by atoms with Crippen molar-refractivity contribution in [2.75, 3.05) is 6.54 Å². The van der Waals surface area contributed by atoms with Crippen LogP contribution in [0.3, 0.4) is 0 Å². The molecule has 3 heterocycles. The van der Waals surface area contributed by atoms with Gasteiger partial charge in [-0.15, -0.1) is 0 Å². The Balaban J connectivity index is 1.27. The predicted octanol–water partition coefficient (Wildman–Crippen LogP) is 5.82. The molecule has 4 amide bonds. The largest absolute Gasteiger partial charge is 0.471 e. The van der Waals surface area contributed by atoms with Gasteiger partial charge < -0.3 is 25.0 Å². The van der Waals surface area contributed by atoms with Gasteiger partial charge in [0, 0.05) is 12.0 Å². The summed E-state index contributed by atoms with van der Waals surface area (Å²) in [6.45, 7) is 8.63. The first-order valence-electron chi connectivity index (χ1n) is 20.8. The fourth-order valence-corrected chi connectivity index (χ4v) is 9.54. The summed E-state index contributed by atoms with van der Waals surface area (Å²) < 4.78 is 68.4. The number of aromatic nitrogens is 2. The predicted molar refractivity (Wildman–Crippen MR) is 218 cm³/mol. The highest BCUT2D eigenvalue weighted by atomic mass is 32.2. The lowest BCUT2D eigenvalue weighted by Crippen LogP contribution is -2.60. The Kier molecular flexibility index (Phi) is 11.9. The molecule has 5 bridgehead atoms. The van der Waals surface area contributed by atoms with E-state index in [9.17, 15) is 36.4 Å². The maximum absolute atomic E-state index is 14.8. The van der Waals surface area contributed by atoms with E-state index < -0.39 is 92.6 Å². The molecule has 2 aromatic carbocycles. The number of fused-ring (bicyclic) bond motifs is 4. The van der Waals surface area contributed by atoms with E-state index in [2.05, 4.69) is 10.6 Å². The molecule has 7 rings (SSSR count). The summed E-state index contributed by atoms with van der Waals surface area (Å²) in [7, 11) is -4.15. The number of nitrogens with zero attached hydrogens (tertiary/aromatic N) is 3. The van der Waals surface area contributed by atoms with E-state index in [1.54, 1.807) is 34.6 Å². The van der Waals surface area contributed by atoms with E-state index in [4.69, 9.17) is 19.4 Å². The fourth-order valence-electron chi connectivity index (χ4n) is 8.17. The summed E-state index contributed by atoms with van der Waals surface area (Å²) >= 11 is 0. The molecule has 2 saturated carbocycles. The molecular weight excluding hydrogens is 799 g/mol. The van der Waals surface area contributed by atoms with Gasteiger partial charge in [0.05, 0.1) is 28.7 Å². The van der Waals surface area contributed by atoms with Crippen LogP contribution in [-0.2, 0) is 35.6 Å². The van der Waals surface area contributed by atoms with Crippen LogP contribution < -0.4 is 20.1 Å². The Morgan fingerprint density at radius 2 is 1.70 bits per heavy atom. The Hall–Kier alpha value is -4.93. The fraction of sp³-hybridized carbons (Fsp3) is 0.581. The smallest absolute Gasteiger partial charge is 0.408 e. The van der Waals surface area contributed by atoms with E-state index in [-0.39, 0.29) is 18.8 Å². The van der Waals surface area contributed by atoms with Crippen molar-refractivity contribution >= 4 is 44.9 Å². The van der Waals surface area contributed by atoms with Crippen molar-refractivity contribution in [3.05, 3.63) is 54.1 Å². The first-order chi connectivity index (χ1) is 28.3. The Morgan fingerprint density at radius 3 is 2.37 bits per heavy atom. The minimum absolute atomic E-state index is 0.146. The number of hydrogen-bond acceptors (Lipinski definition) is 10. The number of rotatable bonds is 7. The molecule has 3 N–H and O–H groups in total. The first kappa shape index (κ1) is 43.2. The summed E-state index contributed by atoms with van der Waals surface area (Å²) in [5.41, 5.74) is -0.602. The molecular formula is C43H54F2N6O8S. The van der Waals surface area contributed by atoms with Crippen LogP contribution in [0.25, 0.3) is 22.3 Å². The highest BCUT2D eigenvalue weighted by Gasteiger charge is 2.67. The van der Waals surface area contributed by atoms with E-state index in [0.717, 1.165) is 37.7 Å². The van der Waals surface area contributed by atoms with Gasteiger partial charge in [0.25, 0.3) is 5.91 Å². The lowest BCUT2D eigenvalue weighted by Gasteiger charge is -2.36. The zero-order valence-corrected chi connectivity index (χ0v) is 35.4. The zero-order valence-electron chi connectivity index (χ0n) is 34.6. The third-order valence-electron chi connectivity index (χ3n) is 11.9.